The molecular formula is C14H15IN4S. The molecule has 1 atom stereocenters. The van der Waals surface area contributed by atoms with E-state index < -0.39 is 0 Å². The molecule has 1 aliphatic rings. The van der Waals surface area contributed by atoms with E-state index in [4.69, 9.17) is 0 Å². The maximum Gasteiger partial charge on any atom is 0.267 e. The van der Waals surface area contributed by atoms with Crippen LogP contribution in [0.4, 0.5) is 11.4 Å². The van der Waals surface area contributed by atoms with Crippen LogP contribution in [0.1, 0.15) is 0 Å². The highest BCUT2D eigenvalue weighted by Crippen LogP contribution is 2.25. The second-order valence-electron chi connectivity index (χ2n) is 4.10. The Kier molecular flexibility index (Phi) is 5.38. The standard InChI is InChI=1S/C14H15N4S.HI/c1-19-14-15-17(12-8-4-2-5-9-12)18(16-14)13-10-6-3-7-11-13;/h2-11,14-15H,1H3;1H/q+1;/p-1. The monoisotopic (exact) mass is 398 g/mol. The van der Waals surface area contributed by atoms with Gasteiger partial charge >= 0.3 is 0 Å². The van der Waals surface area contributed by atoms with E-state index in [2.05, 4.69) is 22.7 Å². The van der Waals surface area contributed by atoms with Crippen molar-refractivity contribution in [1.82, 2.24) is 5.43 Å². The molecule has 6 heteroatoms. The Morgan fingerprint density at radius 3 is 2.25 bits per heavy atom. The molecule has 0 saturated carbocycles. The van der Waals surface area contributed by atoms with Crippen LogP contribution in [0.3, 0.4) is 0 Å². The molecule has 1 aliphatic heterocycles. The fourth-order valence-electron chi connectivity index (χ4n) is 1.93. The second-order valence-corrected chi connectivity index (χ2v) is 5.02. The second kappa shape index (κ2) is 7.05. The molecule has 1 N–H and O–H groups in total. The number of thioether (sulfide) groups is 1. The van der Waals surface area contributed by atoms with E-state index in [1.165, 1.54) is 0 Å². The first-order valence-corrected chi connectivity index (χ1v) is 7.37. The zero-order chi connectivity index (χ0) is 13.1. The van der Waals surface area contributed by atoms with Crippen LogP contribution in [0.25, 0.3) is 0 Å². The van der Waals surface area contributed by atoms with Crippen LogP contribution in [-0.4, -0.2) is 16.6 Å². The van der Waals surface area contributed by atoms with Crippen molar-refractivity contribution in [3.05, 3.63) is 60.7 Å². The molecule has 104 valence electrons. The fourth-order valence-corrected chi connectivity index (χ4v) is 2.32. The highest BCUT2D eigenvalue weighted by Gasteiger charge is 2.34. The molecule has 20 heavy (non-hydrogen) atoms. The average Bonchev–Trinajstić information content (AvgIpc) is 2.93. The number of azo groups is 1. The van der Waals surface area contributed by atoms with E-state index >= 15 is 0 Å². The van der Waals surface area contributed by atoms with Gasteiger partial charge in [0.2, 0.25) is 5.50 Å². The number of hydrogen-bond acceptors (Lipinski definition) is 4. The van der Waals surface area contributed by atoms with E-state index in [1.54, 1.807) is 11.8 Å². The van der Waals surface area contributed by atoms with Gasteiger partial charge in [0.1, 0.15) is 5.69 Å². The smallest absolute Gasteiger partial charge is 0.267 e. The van der Waals surface area contributed by atoms with Gasteiger partial charge in [0, 0.05) is 17.2 Å². The number of anilines is 1. The number of hydrazine groups is 2. The quantitative estimate of drug-likeness (QED) is 0.599. The number of halogens is 1. The van der Waals surface area contributed by atoms with E-state index in [9.17, 15) is 0 Å². The molecular weight excluding hydrogens is 383 g/mol. The Labute approximate surface area is 139 Å². The molecule has 4 nitrogen and oxygen atoms in total. The lowest BCUT2D eigenvalue weighted by molar-refractivity contribution is -0.517. The van der Waals surface area contributed by atoms with Crippen LogP contribution < -0.4 is 34.5 Å². The summed E-state index contributed by atoms with van der Waals surface area (Å²) in [5.41, 5.74) is 5.49. The van der Waals surface area contributed by atoms with Crippen molar-refractivity contribution >= 4 is 23.1 Å². The number of nitrogens with one attached hydrogen (secondary N) is 1. The highest BCUT2D eigenvalue weighted by molar-refractivity contribution is 7.99. The van der Waals surface area contributed by atoms with Crippen molar-refractivity contribution in [3.63, 3.8) is 0 Å². The topological polar surface area (TPSA) is 30.6 Å². The minimum Gasteiger partial charge on any atom is -1.00 e. The summed E-state index contributed by atoms with van der Waals surface area (Å²) in [5.74, 6) is 0. The third-order valence-electron chi connectivity index (χ3n) is 2.85. The summed E-state index contributed by atoms with van der Waals surface area (Å²) in [6, 6.07) is 20.3. The van der Waals surface area contributed by atoms with Gasteiger partial charge in [-0.05, 0) is 23.5 Å². The number of hydrogen-bond donors (Lipinski definition) is 1. The van der Waals surface area contributed by atoms with Crippen LogP contribution in [0.2, 0.25) is 0 Å². The maximum absolute atomic E-state index is 4.65. The van der Waals surface area contributed by atoms with E-state index in [0.717, 1.165) is 11.4 Å². The predicted octanol–water partition coefficient (Wildman–Crippen LogP) is 0.373. The Morgan fingerprint density at radius 1 is 1.05 bits per heavy atom. The summed E-state index contributed by atoms with van der Waals surface area (Å²) in [7, 11) is 0. The molecule has 1 unspecified atom stereocenters. The molecule has 1 heterocycles. The van der Waals surface area contributed by atoms with Crippen molar-refractivity contribution in [2.24, 2.45) is 5.11 Å². The molecule has 0 amide bonds. The first kappa shape index (κ1) is 15.3. The van der Waals surface area contributed by atoms with Crippen molar-refractivity contribution in [3.8, 4) is 0 Å². The fraction of sp³-hybridized carbons (Fsp3) is 0.143. The Hall–Kier alpha value is -1.12. The summed E-state index contributed by atoms with van der Waals surface area (Å²) < 4.78 is 0. The van der Waals surface area contributed by atoms with E-state index in [1.807, 2.05) is 64.7 Å². The lowest BCUT2D eigenvalue weighted by Gasteiger charge is -2.12. The number of nitrogens with zero attached hydrogens (tertiary/aromatic N) is 3. The predicted molar refractivity (Wildman–Crippen MR) is 78.2 cm³/mol. The zero-order valence-corrected chi connectivity index (χ0v) is 14.0. The number of rotatable bonds is 3. The molecule has 3 rings (SSSR count). The lowest BCUT2D eigenvalue weighted by Crippen LogP contribution is -3.00. The van der Waals surface area contributed by atoms with Crippen LogP contribution in [-0.2, 0) is 0 Å². The Morgan fingerprint density at radius 2 is 1.65 bits per heavy atom. The summed E-state index contributed by atoms with van der Waals surface area (Å²) in [5, 5.41) is 6.61. The molecule has 0 aromatic heterocycles. The molecule has 0 bridgehead atoms. The summed E-state index contributed by atoms with van der Waals surface area (Å²) in [6.07, 6.45) is 2.04. The molecule has 0 saturated heterocycles. The summed E-state index contributed by atoms with van der Waals surface area (Å²) in [6.45, 7) is 0. The van der Waals surface area contributed by atoms with Crippen molar-refractivity contribution in [1.29, 1.82) is 0 Å². The van der Waals surface area contributed by atoms with Crippen molar-refractivity contribution < 1.29 is 28.8 Å². The normalized spacial score (nSPS) is 17.6. The van der Waals surface area contributed by atoms with E-state index in [-0.39, 0.29) is 29.5 Å². The van der Waals surface area contributed by atoms with Crippen LogP contribution >= 0.6 is 11.8 Å². The van der Waals surface area contributed by atoms with Gasteiger partial charge in [0.05, 0.1) is 4.81 Å². The number of para-hydroxylation sites is 2. The zero-order valence-electron chi connectivity index (χ0n) is 11.0. The Bertz CT molecular complexity index is 576. The molecule has 0 fully saturated rings. The minimum absolute atomic E-state index is 0. The van der Waals surface area contributed by atoms with Gasteiger partial charge < -0.3 is 24.0 Å². The summed E-state index contributed by atoms with van der Waals surface area (Å²) in [4.78, 5) is 1.90. The minimum atomic E-state index is 0. The van der Waals surface area contributed by atoms with Gasteiger partial charge in [-0.1, -0.05) is 36.4 Å². The molecule has 2 aromatic carbocycles. The maximum atomic E-state index is 4.65. The summed E-state index contributed by atoms with van der Waals surface area (Å²) >= 11 is 1.67. The van der Waals surface area contributed by atoms with Crippen LogP contribution in [0.5, 0.6) is 0 Å². The van der Waals surface area contributed by atoms with Crippen molar-refractivity contribution in [2.45, 2.75) is 5.50 Å². The third-order valence-corrected chi connectivity index (χ3v) is 3.49. The van der Waals surface area contributed by atoms with Gasteiger partial charge in [-0.15, -0.1) is 17.2 Å². The lowest BCUT2D eigenvalue weighted by atomic mass is 10.3. The number of benzene rings is 2. The van der Waals surface area contributed by atoms with Gasteiger partial charge in [-0.2, -0.15) is 0 Å². The first-order valence-electron chi connectivity index (χ1n) is 6.08. The Balaban J connectivity index is 0.00000147. The molecule has 0 spiro atoms. The van der Waals surface area contributed by atoms with E-state index in [0.29, 0.717) is 0 Å². The SMILES string of the molecule is CSC1N=[N+](c2ccccc2)N(c2ccccc2)N1.[I-]. The van der Waals surface area contributed by atoms with Gasteiger partial charge in [0.15, 0.2) is 0 Å². The van der Waals surface area contributed by atoms with Gasteiger partial charge in [-0.3, -0.25) is 0 Å². The molecule has 2 aromatic rings. The van der Waals surface area contributed by atoms with Gasteiger partial charge in [-0.25, -0.2) is 0 Å². The first-order chi connectivity index (χ1) is 9.38. The molecule has 0 radical (unpaired) electrons. The van der Waals surface area contributed by atoms with Crippen LogP contribution in [0.15, 0.2) is 65.8 Å². The molecule has 0 aliphatic carbocycles. The van der Waals surface area contributed by atoms with Gasteiger partial charge in [0.25, 0.3) is 5.69 Å². The third kappa shape index (κ3) is 3.13. The van der Waals surface area contributed by atoms with Crippen LogP contribution in [0, 0.1) is 0 Å². The van der Waals surface area contributed by atoms with Crippen molar-refractivity contribution in [2.75, 3.05) is 11.4 Å². The average molecular weight is 398 g/mol. The largest absolute Gasteiger partial charge is 1.00 e. The highest BCUT2D eigenvalue weighted by atomic mass is 127.